The molecule has 0 spiro atoms. The summed E-state index contributed by atoms with van der Waals surface area (Å²) in [4.78, 5) is 12.0. The van der Waals surface area contributed by atoms with Crippen molar-refractivity contribution in [3.8, 4) is 0 Å². The third kappa shape index (κ3) is 4.18. The van der Waals surface area contributed by atoms with E-state index in [2.05, 4.69) is 29.4 Å². The predicted molar refractivity (Wildman–Crippen MR) is 79.5 cm³/mol. The Morgan fingerprint density at radius 1 is 1.42 bits per heavy atom. The Hall–Kier alpha value is -0.620. The maximum absolute atomic E-state index is 12.0. The van der Waals surface area contributed by atoms with Crippen molar-refractivity contribution in [2.24, 2.45) is 11.8 Å². The summed E-state index contributed by atoms with van der Waals surface area (Å²) in [6.45, 7) is 6.45. The van der Waals surface area contributed by atoms with Gasteiger partial charge in [-0.1, -0.05) is 49.8 Å². The minimum absolute atomic E-state index is 0.115. The van der Waals surface area contributed by atoms with Crippen LogP contribution in [0.2, 0.25) is 0 Å². The van der Waals surface area contributed by atoms with Crippen molar-refractivity contribution in [2.45, 2.75) is 50.4 Å². The number of carbonyl (C=O) groups excluding carboxylic acids is 1. The lowest BCUT2D eigenvalue weighted by Gasteiger charge is -2.34. The molecule has 0 aliphatic heterocycles. The summed E-state index contributed by atoms with van der Waals surface area (Å²) in [7, 11) is 0. The number of carbonyl (C=O) groups is 1. The number of rotatable bonds is 4. The Bertz CT molecular complexity index is 435. The van der Waals surface area contributed by atoms with Crippen molar-refractivity contribution in [2.75, 3.05) is 5.75 Å². The summed E-state index contributed by atoms with van der Waals surface area (Å²) in [6.07, 6.45) is 3.62. The molecule has 2 rings (SSSR count). The molecule has 1 aromatic rings. The lowest BCUT2D eigenvalue weighted by molar-refractivity contribution is -0.119. The van der Waals surface area contributed by atoms with Crippen molar-refractivity contribution < 1.29 is 4.79 Å². The molecule has 0 aromatic carbocycles. The highest BCUT2D eigenvalue weighted by molar-refractivity contribution is 8.01. The molecule has 6 heteroatoms. The summed E-state index contributed by atoms with van der Waals surface area (Å²) in [5, 5.41) is 12.1. The third-order valence-corrected chi connectivity index (χ3v) is 5.86. The summed E-state index contributed by atoms with van der Waals surface area (Å²) in [5.74, 6) is 1.83. The van der Waals surface area contributed by atoms with Crippen LogP contribution in [0.1, 0.15) is 38.1 Å². The second kappa shape index (κ2) is 6.70. The van der Waals surface area contributed by atoms with E-state index in [-0.39, 0.29) is 5.91 Å². The Balaban J connectivity index is 1.77. The molecule has 1 heterocycles. The first-order valence-electron chi connectivity index (χ1n) is 6.78. The van der Waals surface area contributed by atoms with Crippen LogP contribution < -0.4 is 5.32 Å². The number of hydrogen-bond donors (Lipinski definition) is 1. The van der Waals surface area contributed by atoms with Crippen molar-refractivity contribution in [3.63, 3.8) is 0 Å². The van der Waals surface area contributed by atoms with Crippen molar-refractivity contribution in [3.05, 3.63) is 5.01 Å². The SMILES string of the molecule is Cc1nnc(SCC(=O)N[C@H]2CCC[C@H](C)[C@H]2C)s1. The van der Waals surface area contributed by atoms with Gasteiger partial charge in [-0.05, 0) is 25.2 Å². The van der Waals surface area contributed by atoms with Gasteiger partial charge in [0.1, 0.15) is 5.01 Å². The second-order valence-electron chi connectivity index (χ2n) is 5.32. The van der Waals surface area contributed by atoms with Gasteiger partial charge < -0.3 is 5.32 Å². The molecule has 1 aliphatic carbocycles. The number of aryl methyl sites for hydroxylation is 1. The van der Waals surface area contributed by atoms with E-state index in [1.54, 1.807) is 0 Å². The van der Waals surface area contributed by atoms with Gasteiger partial charge in [0.25, 0.3) is 0 Å². The van der Waals surface area contributed by atoms with E-state index in [4.69, 9.17) is 0 Å². The van der Waals surface area contributed by atoms with Gasteiger partial charge in [-0.25, -0.2) is 0 Å². The lowest BCUT2D eigenvalue weighted by Crippen LogP contribution is -2.44. The van der Waals surface area contributed by atoms with Gasteiger partial charge in [0, 0.05) is 6.04 Å². The van der Waals surface area contributed by atoms with Crippen LogP contribution >= 0.6 is 23.1 Å². The predicted octanol–water partition coefficient (Wildman–Crippen LogP) is 2.88. The summed E-state index contributed by atoms with van der Waals surface area (Å²) in [6, 6.07) is 0.341. The smallest absolute Gasteiger partial charge is 0.230 e. The summed E-state index contributed by atoms with van der Waals surface area (Å²) < 4.78 is 0.873. The molecule has 106 valence electrons. The molecule has 19 heavy (non-hydrogen) atoms. The number of nitrogens with zero attached hydrogens (tertiary/aromatic N) is 2. The largest absolute Gasteiger partial charge is 0.352 e. The minimum atomic E-state index is 0.115. The zero-order chi connectivity index (χ0) is 13.8. The normalized spacial score (nSPS) is 27.2. The van der Waals surface area contributed by atoms with Crippen LogP contribution in [0.15, 0.2) is 4.34 Å². The van der Waals surface area contributed by atoms with E-state index in [0.717, 1.165) is 15.8 Å². The van der Waals surface area contributed by atoms with Gasteiger partial charge in [-0.3, -0.25) is 4.79 Å². The van der Waals surface area contributed by atoms with Crippen LogP contribution in [-0.4, -0.2) is 27.9 Å². The van der Waals surface area contributed by atoms with Gasteiger partial charge >= 0.3 is 0 Å². The molecule has 1 amide bonds. The van der Waals surface area contributed by atoms with E-state index in [0.29, 0.717) is 23.6 Å². The molecular weight excluding hydrogens is 278 g/mol. The van der Waals surface area contributed by atoms with Crippen molar-refractivity contribution >= 4 is 29.0 Å². The molecular formula is C13H21N3OS2. The molecule has 0 unspecified atom stereocenters. The van der Waals surface area contributed by atoms with E-state index >= 15 is 0 Å². The number of amides is 1. The zero-order valence-corrected chi connectivity index (χ0v) is 13.3. The first kappa shape index (κ1) is 14.8. The first-order chi connectivity index (χ1) is 9.06. The standard InChI is InChI=1S/C13H21N3OS2/c1-8-5-4-6-11(9(8)2)14-12(17)7-18-13-16-15-10(3)19-13/h8-9,11H,4-7H2,1-3H3,(H,14,17)/t8-,9+,11-/m0/s1. The molecule has 1 fully saturated rings. The molecule has 0 radical (unpaired) electrons. The van der Waals surface area contributed by atoms with Gasteiger partial charge in [-0.15, -0.1) is 10.2 Å². The van der Waals surface area contributed by atoms with Gasteiger partial charge in [0.2, 0.25) is 5.91 Å². The molecule has 0 bridgehead atoms. The summed E-state index contributed by atoms with van der Waals surface area (Å²) >= 11 is 3.01. The van der Waals surface area contributed by atoms with E-state index < -0.39 is 0 Å². The fourth-order valence-corrected chi connectivity index (χ4v) is 4.12. The van der Waals surface area contributed by atoms with Crippen molar-refractivity contribution in [1.82, 2.24) is 15.5 Å². The topological polar surface area (TPSA) is 54.9 Å². The first-order valence-corrected chi connectivity index (χ1v) is 8.58. The number of aromatic nitrogens is 2. The molecule has 1 aliphatic rings. The highest BCUT2D eigenvalue weighted by Gasteiger charge is 2.28. The number of nitrogens with one attached hydrogen (secondary N) is 1. The minimum Gasteiger partial charge on any atom is -0.352 e. The van der Waals surface area contributed by atoms with E-state index in [9.17, 15) is 4.79 Å². The van der Waals surface area contributed by atoms with Crippen LogP contribution in [0.4, 0.5) is 0 Å². The highest BCUT2D eigenvalue weighted by atomic mass is 32.2. The average molecular weight is 299 g/mol. The Morgan fingerprint density at radius 2 is 2.21 bits per heavy atom. The zero-order valence-electron chi connectivity index (χ0n) is 11.7. The Labute approximate surface area is 122 Å². The fraction of sp³-hybridized carbons (Fsp3) is 0.769. The van der Waals surface area contributed by atoms with Crippen LogP contribution in [0.25, 0.3) is 0 Å². The van der Waals surface area contributed by atoms with Crippen LogP contribution in [0.3, 0.4) is 0 Å². The van der Waals surface area contributed by atoms with Gasteiger partial charge in [0.15, 0.2) is 4.34 Å². The molecule has 4 nitrogen and oxygen atoms in total. The quantitative estimate of drug-likeness (QED) is 0.869. The molecule has 1 saturated carbocycles. The second-order valence-corrected chi connectivity index (χ2v) is 7.72. The van der Waals surface area contributed by atoms with E-state index in [1.807, 2.05) is 6.92 Å². The Kier molecular flexibility index (Phi) is 5.21. The Morgan fingerprint density at radius 3 is 2.89 bits per heavy atom. The lowest BCUT2D eigenvalue weighted by atomic mass is 9.78. The molecule has 1 N–H and O–H groups in total. The maximum Gasteiger partial charge on any atom is 0.230 e. The molecule has 1 aromatic heterocycles. The fourth-order valence-electron chi connectivity index (χ4n) is 2.50. The number of hydrogen-bond acceptors (Lipinski definition) is 5. The average Bonchev–Trinajstić information content (AvgIpc) is 2.78. The maximum atomic E-state index is 12.0. The summed E-state index contributed by atoms with van der Waals surface area (Å²) in [5.41, 5.74) is 0. The van der Waals surface area contributed by atoms with Crippen LogP contribution in [-0.2, 0) is 4.79 Å². The van der Waals surface area contributed by atoms with Gasteiger partial charge in [-0.2, -0.15) is 0 Å². The monoisotopic (exact) mass is 299 g/mol. The van der Waals surface area contributed by atoms with Crippen molar-refractivity contribution in [1.29, 1.82) is 0 Å². The highest BCUT2D eigenvalue weighted by Crippen LogP contribution is 2.29. The van der Waals surface area contributed by atoms with E-state index in [1.165, 1.54) is 35.9 Å². The molecule has 3 atom stereocenters. The third-order valence-electron chi connectivity index (χ3n) is 3.89. The van der Waals surface area contributed by atoms with Gasteiger partial charge in [0.05, 0.1) is 5.75 Å². The van der Waals surface area contributed by atoms with Crippen LogP contribution in [0, 0.1) is 18.8 Å². The number of thioether (sulfide) groups is 1. The molecule has 0 saturated heterocycles. The van der Waals surface area contributed by atoms with Crippen LogP contribution in [0.5, 0.6) is 0 Å².